The molecular formula is C16H19N3O3S. The molecule has 2 aromatic rings. The average Bonchev–Trinajstić information content (AvgIpc) is 3.17. The summed E-state index contributed by atoms with van der Waals surface area (Å²) >= 11 is 0. The fourth-order valence-corrected chi connectivity index (χ4v) is 3.53. The highest BCUT2D eigenvalue weighted by Gasteiger charge is 2.20. The number of anilines is 1. The molecule has 0 radical (unpaired) electrons. The molecule has 1 heterocycles. The highest BCUT2D eigenvalue weighted by molar-refractivity contribution is 7.90. The molecule has 3 rings (SSSR count). The number of aromatic nitrogens is 2. The highest BCUT2D eigenvalue weighted by atomic mass is 32.2. The molecule has 7 heteroatoms. The van der Waals surface area contributed by atoms with Crippen LogP contribution in [0.3, 0.4) is 0 Å². The third-order valence-corrected chi connectivity index (χ3v) is 5.26. The van der Waals surface area contributed by atoms with Crippen molar-refractivity contribution in [2.75, 3.05) is 11.6 Å². The first kappa shape index (κ1) is 15.7. The summed E-state index contributed by atoms with van der Waals surface area (Å²) in [4.78, 5) is 12.5. The van der Waals surface area contributed by atoms with Crippen LogP contribution in [0.4, 0.5) is 5.82 Å². The maximum atomic E-state index is 12.3. The van der Waals surface area contributed by atoms with Crippen LogP contribution in [-0.2, 0) is 9.84 Å². The minimum atomic E-state index is -3.26. The minimum absolute atomic E-state index is 0.199. The lowest BCUT2D eigenvalue weighted by molar-refractivity contribution is 0.102. The van der Waals surface area contributed by atoms with Crippen molar-refractivity contribution < 1.29 is 13.2 Å². The van der Waals surface area contributed by atoms with E-state index in [-0.39, 0.29) is 10.8 Å². The Morgan fingerprint density at radius 1 is 1.17 bits per heavy atom. The summed E-state index contributed by atoms with van der Waals surface area (Å²) in [5, 5.41) is 7.17. The Morgan fingerprint density at radius 3 is 2.43 bits per heavy atom. The second kappa shape index (κ2) is 6.16. The van der Waals surface area contributed by atoms with Gasteiger partial charge in [-0.15, -0.1) is 0 Å². The molecule has 1 aromatic carbocycles. The number of carbonyl (C=O) groups is 1. The SMILES string of the molecule is CS(=O)(=O)c1ccc(C(=O)Nc2ccnn2C2CCCC2)cc1. The molecule has 0 spiro atoms. The number of nitrogens with one attached hydrogen (secondary N) is 1. The van der Waals surface area contributed by atoms with Crippen molar-refractivity contribution in [2.24, 2.45) is 0 Å². The van der Waals surface area contributed by atoms with Crippen molar-refractivity contribution >= 4 is 21.6 Å². The van der Waals surface area contributed by atoms with E-state index in [2.05, 4.69) is 10.4 Å². The number of rotatable bonds is 4. The Labute approximate surface area is 135 Å². The van der Waals surface area contributed by atoms with Crippen LogP contribution in [0.25, 0.3) is 0 Å². The lowest BCUT2D eigenvalue weighted by Gasteiger charge is -2.14. The second-order valence-electron chi connectivity index (χ2n) is 5.85. The van der Waals surface area contributed by atoms with Gasteiger partial charge in [-0.3, -0.25) is 4.79 Å². The van der Waals surface area contributed by atoms with Crippen LogP contribution in [0.15, 0.2) is 41.4 Å². The molecule has 23 heavy (non-hydrogen) atoms. The molecule has 1 amide bonds. The van der Waals surface area contributed by atoms with Gasteiger partial charge in [-0.1, -0.05) is 12.8 Å². The fourth-order valence-electron chi connectivity index (χ4n) is 2.90. The van der Waals surface area contributed by atoms with Crippen LogP contribution < -0.4 is 5.32 Å². The van der Waals surface area contributed by atoms with Crippen molar-refractivity contribution in [1.29, 1.82) is 0 Å². The van der Waals surface area contributed by atoms with Crippen LogP contribution >= 0.6 is 0 Å². The van der Waals surface area contributed by atoms with Gasteiger partial charge in [0, 0.05) is 17.9 Å². The fraction of sp³-hybridized carbons (Fsp3) is 0.375. The van der Waals surface area contributed by atoms with Gasteiger partial charge < -0.3 is 5.32 Å². The summed E-state index contributed by atoms with van der Waals surface area (Å²) in [5.74, 6) is 0.402. The van der Waals surface area contributed by atoms with Gasteiger partial charge in [0.2, 0.25) is 0 Å². The predicted octanol–water partition coefficient (Wildman–Crippen LogP) is 2.65. The summed E-state index contributed by atoms with van der Waals surface area (Å²) < 4.78 is 24.8. The van der Waals surface area contributed by atoms with Crippen molar-refractivity contribution in [1.82, 2.24) is 9.78 Å². The van der Waals surface area contributed by atoms with Gasteiger partial charge in [-0.2, -0.15) is 5.10 Å². The molecule has 1 N–H and O–H groups in total. The normalized spacial score (nSPS) is 15.7. The van der Waals surface area contributed by atoms with Crippen molar-refractivity contribution in [3.63, 3.8) is 0 Å². The molecule has 0 atom stereocenters. The van der Waals surface area contributed by atoms with Crippen LogP contribution in [0.2, 0.25) is 0 Å². The average molecular weight is 333 g/mol. The van der Waals surface area contributed by atoms with Crippen LogP contribution in [0.5, 0.6) is 0 Å². The van der Waals surface area contributed by atoms with Gasteiger partial charge in [0.25, 0.3) is 5.91 Å². The first-order valence-electron chi connectivity index (χ1n) is 7.60. The summed E-state index contributed by atoms with van der Waals surface area (Å²) in [7, 11) is -3.26. The molecule has 1 saturated carbocycles. The Bertz CT molecular complexity index is 803. The van der Waals surface area contributed by atoms with Gasteiger partial charge in [0.1, 0.15) is 5.82 Å². The number of nitrogens with zero attached hydrogens (tertiary/aromatic N) is 2. The molecule has 0 bridgehead atoms. The molecule has 1 aliphatic rings. The van der Waals surface area contributed by atoms with Gasteiger partial charge in [-0.05, 0) is 37.1 Å². The van der Waals surface area contributed by atoms with Crippen LogP contribution in [-0.4, -0.2) is 30.4 Å². The number of sulfone groups is 1. The highest BCUT2D eigenvalue weighted by Crippen LogP contribution is 2.31. The molecule has 1 fully saturated rings. The number of hydrogen-bond acceptors (Lipinski definition) is 4. The summed E-state index contributed by atoms with van der Waals surface area (Å²) in [6.07, 6.45) is 7.35. The Balaban J connectivity index is 1.76. The lowest BCUT2D eigenvalue weighted by Crippen LogP contribution is -2.17. The van der Waals surface area contributed by atoms with Crippen LogP contribution in [0, 0.1) is 0 Å². The van der Waals surface area contributed by atoms with Crippen molar-refractivity contribution in [2.45, 2.75) is 36.6 Å². The summed E-state index contributed by atoms with van der Waals surface area (Å²) in [6.45, 7) is 0. The number of hydrogen-bond donors (Lipinski definition) is 1. The smallest absolute Gasteiger partial charge is 0.256 e. The van der Waals surface area contributed by atoms with E-state index in [0.717, 1.165) is 19.1 Å². The van der Waals surface area contributed by atoms with Crippen molar-refractivity contribution in [3.8, 4) is 0 Å². The van der Waals surface area contributed by atoms with E-state index in [1.54, 1.807) is 12.3 Å². The van der Waals surface area contributed by atoms with Gasteiger partial charge in [0.15, 0.2) is 9.84 Å². The Hall–Kier alpha value is -2.15. The first-order valence-corrected chi connectivity index (χ1v) is 9.49. The number of carbonyl (C=O) groups excluding carboxylic acids is 1. The van der Waals surface area contributed by atoms with E-state index in [0.29, 0.717) is 17.4 Å². The predicted molar refractivity (Wildman–Crippen MR) is 87.2 cm³/mol. The van der Waals surface area contributed by atoms with E-state index >= 15 is 0 Å². The standard InChI is InChI=1S/C16H19N3O3S/c1-23(21,22)14-8-6-12(7-9-14)16(20)18-15-10-11-17-19(15)13-4-2-3-5-13/h6-11,13H,2-5H2,1H3,(H,18,20). The molecule has 122 valence electrons. The number of amides is 1. The molecule has 0 saturated heterocycles. The first-order chi connectivity index (χ1) is 10.9. The molecule has 1 aliphatic carbocycles. The van der Waals surface area contributed by atoms with Gasteiger partial charge in [0.05, 0.1) is 17.1 Å². The molecular weight excluding hydrogens is 314 g/mol. The van der Waals surface area contributed by atoms with E-state index in [1.807, 2.05) is 4.68 Å². The topological polar surface area (TPSA) is 81.1 Å². The zero-order valence-corrected chi connectivity index (χ0v) is 13.7. The quantitative estimate of drug-likeness (QED) is 0.932. The maximum Gasteiger partial charge on any atom is 0.256 e. The van der Waals surface area contributed by atoms with E-state index in [4.69, 9.17) is 0 Å². The Morgan fingerprint density at radius 2 is 1.83 bits per heavy atom. The monoisotopic (exact) mass is 333 g/mol. The lowest BCUT2D eigenvalue weighted by atomic mass is 10.2. The second-order valence-corrected chi connectivity index (χ2v) is 7.87. The molecule has 1 aromatic heterocycles. The Kier molecular flexibility index (Phi) is 4.21. The van der Waals surface area contributed by atoms with E-state index in [9.17, 15) is 13.2 Å². The van der Waals surface area contributed by atoms with Crippen LogP contribution in [0.1, 0.15) is 42.1 Å². The third kappa shape index (κ3) is 3.44. The van der Waals surface area contributed by atoms with Gasteiger partial charge in [-0.25, -0.2) is 13.1 Å². The third-order valence-electron chi connectivity index (χ3n) is 4.13. The number of benzene rings is 1. The van der Waals surface area contributed by atoms with E-state index in [1.165, 1.54) is 37.1 Å². The zero-order chi connectivity index (χ0) is 16.4. The zero-order valence-electron chi connectivity index (χ0n) is 12.9. The molecule has 0 unspecified atom stereocenters. The van der Waals surface area contributed by atoms with Crippen molar-refractivity contribution in [3.05, 3.63) is 42.1 Å². The summed E-state index contributed by atoms with van der Waals surface area (Å²) in [6, 6.07) is 8.04. The maximum absolute atomic E-state index is 12.3. The molecule has 6 nitrogen and oxygen atoms in total. The minimum Gasteiger partial charge on any atom is -0.307 e. The molecule has 0 aliphatic heterocycles. The van der Waals surface area contributed by atoms with E-state index < -0.39 is 9.84 Å². The summed E-state index contributed by atoms with van der Waals surface area (Å²) in [5.41, 5.74) is 0.413. The largest absolute Gasteiger partial charge is 0.307 e. The van der Waals surface area contributed by atoms with Gasteiger partial charge >= 0.3 is 0 Å².